The van der Waals surface area contributed by atoms with Gasteiger partial charge in [-0.3, -0.25) is 4.79 Å². The maximum Gasteiger partial charge on any atom is 0.165 e. The molecular weight excluding hydrogens is 261 g/mol. The van der Waals surface area contributed by atoms with Gasteiger partial charge < -0.3 is 5.73 Å². The van der Waals surface area contributed by atoms with Crippen molar-refractivity contribution in [3.8, 4) is 0 Å². The van der Waals surface area contributed by atoms with Crippen LogP contribution in [-0.2, 0) is 0 Å². The van der Waals surface area contributed by atoms with Gasteiger partial charge in [0.2, 0.25) is 0 Å². The van der Waals surface area contributed by atoms with E-state index in [0.717, 1.165) is 6.42 Å². The van der Waals surface area contributed by atoms with E-state index in [1.165, 1.54) is 12.1 Å². The van der Waals surface area contributed by atoms with E-state index in [0.29, 0.717) is 23.9 Å². The Morgan fingerprint density at radius 2 is 2.13 bits per heavy atom. The summed E-state index contributed by atoms with van der Waals surface area (Å²) in [4.78, 5) is 11.6. The zero-order valence-corrected chi connectivity index (χ0v) is 9.89. The first-order valence-electron chi connectivity index (χ1n) is 4.83. The van der Waals surface area contributed by atoms with E-state index in [-0.39, 0.29) is 11.3 Å². The van der Waals surface area contributed by atoms with Crippen LogP contribution in [0, 0.1) is 5.82 Å². The van der Waals surface area contributed by atoms with Crippen LogP contribution in [0.15, 0.2) is 22.7 Å². The van der Waals surface area contributed by atoms with E-state index < -0.39 is 5.82 Å². The summed E-state index contributed by atoms with van der Waals surface area (Å²) in [7, 11) is 0. The van der Waals surface area contributed by atoms with Gasteiger partial charge in [-0.2, -0.15) is 0 Å². The van der Waals surface area contributed by atoms with Gasteiger partial charge in [-0.25, -0.2) is 4.39 Å². The van der Waals surface area contributed by atoms with Crippen LogP contribution in [0.2, 0.25) is 0 Å². The fourth-order valence-corrected chi connectivity index (χ4v) is 1.64. The molecule has 0 fully saturated rings. The van der Waals surface area contributed by atoms with Gasteiger partial charge >= 0.3 is 0 Å². The summed E-state index contributed by atoms with van der Waals surface area (Å²) in [6.07, 6.45) is 1.85. The second-order valence-electron chi connectivity index (χ2n) is 3.29. The van der Waals surface area contributed by atoms with E-state index >= 15 is 0 Å². The molecule has 0 atom stereocenters. The standard InChI is InChI=1S/C11H13BrFNO/c12-8-4-5-10(13)9(7-8)11(15)3-1-2-6-14/h4-5,7H,1-3,6,14H2. The summed E-state index contributed by atoms with van der Waals surface area (Å²) in [5, 5.41) is 0. The van der Waals surface area contributed by atoms with Crippen molar-refractivity contribution in [1.82, 2.24) is 0 Å². The molecule has 0 amide bonds. The van der Waals surface area contributed by atoms with Crippen LogP contribution in [0.25, 0.3) is 0 Å². The summed E-state index contributed by atoms with van der Waals surface area (Å²) in [6, 6.07) is 4.38. The fraction of sp³-hybridized carbons (Fsp3) is 0.364. The number of carbonyl (C=O) groups is 1. The van der Waals surface area contributed by atoms with Crippen molar-refractivity contribution in [3.63, 3.8) is 0 Å². The smallest absolute Gasteiger partial charge is 0.165 e. The molecule has 2 nitrogen and oxygen atoms in total. The summed E-state index contributed by atoms with van der Waals surface area (Å²) in [5.41, 5.74) is 5.47. The fourth-order valence-electron chi connectivity index (χ4n) is 1.28. The maximum atomic E-state index is 13.3. The highest BCUT2D eigenvalue weighted by Gasteiger charge is 2.11. The van der Waals surface area contributed by atoms with E-state index in [9.17, 15) is 9.18 Å². The minimum absolute atomic E-state index is 0.154. The predicted octanol–water partition coefficient (Wildman–Crippen LogP) is 2.90. The molecule has 0 aliphatic heterocycles. The monoisotopic (exact) mass is 273 g/mol. The lowest BCUT2D eigenvalue weighted by atomic mass is 10.1. The van der Waals surface area contributed by atoms with Crippen molar-refractivity contribution < 1.29 is 9.18 Å². The van der Waals surface area contributed by atoms with Crippen LogP contribution in [0.1, 0.15) is 29.6 Å². The van der Waals surface area contributed by atoms with Crippen molar-refractivity contribution in [1.29, 1.82) is 0 Å². The molecule has 1 aromatic carbocycles. The normalized spacial score (nSPS) is 10.3. The number of nitrogens with two attached hydrogens (primary N) is 1. The van der Waals surface area contributed by atoms with Gasteiger partial charge in [-0.05, 0) is 37.6 Å². The molecule has 0 spiro atoms. The average Bonchev–Trinajstić information content (AvgIpc) is 2.22. The van der Waals surface area contributed by atoms with Gasteiger partial charge in [0.15, 0.2) is 5.78 Å². The molecule has 2 N–H and O–H groups in total. The van der Waals surface area contributed by atoms with Gasteiger partial charge in [-0.15, -0.1) is 0 Å². The molecule has 0 saturated carbocycles. The van der Waals surface area contributed by atoms with Crippen LogP contribution >= 0.6 is 15.9 Å². The predicted molar refractivity (Wildman–Crippen MR) is 61.3 cm³/mol. The number of unbranched alkanes of at least 4 members (excludes halogenated alkanes) is 1. The van der Waals surface area contributed by atoms with Crippen molar-refractivity contribution in [2.24, 2.45) is 5.73 Å². The highest BCUT2D eigenvalue weighted by molar-refractivity contribution is 9.10. The molecule has 0 aliphatic carbocycles. The van der Waals surface area contributed by atoms with Crippen LogP contribution in [0.5, 0.6) is 0 Å². The minimum Gasteiger partial charge on any atom is -0.330 e. The lowest BCUT2D eigenvalue weighted by molar-refractivity contribution is 0.0975. The third-order valence-electron chi connectivity index (χ3n) is 2.09. The van der Waals surface area contributed by atoms with Crippen molar-refractivity contribution in [2.45, 2.75) is 19.3 Å². The van der Waals surface area contributed by atoms with Crippen LogP contribution < -0.4 is 5.73 Å². The molecule has 15 heavy (non-hydrogen) atoms. The molecule has 0 radical (unpaired) electrons. The number of rotatable bonds is 5. The number of halogens is 2. The molecule has 1 aromatic rings. The first-order valence-corrected chi connectivity index (χ1v) is 5.62. The van der Waals surface area contributed by atoms with Gasteiger partial charge in [0.25, 0.3) is 0 Å². The number of hydrogen-bond donors (Lipinski definition) is 1. The molecule has 4 heteroatoms. The van der Waals surface area contributed by atoms with Crippen molar-refractivity contribution in [3.05, 3.63) is 34.1 Å². The Morgan fingerprint density at radius 1 is 1.40 bits per heavy atom. The van der Waals surface area contributed by atoms with E-state index in [2.05, 4.69) is 15.9 Å². The van der Waals surface area contributed by atoms with Crippen molar-refractivity contribution >= 4 is 21.7 Å². The third-order valence-corrected chi connectivity index (χ3v) is 2.58. The van der Waals surface area contributed by atoms with E-state index in [4.69, 9.17) is 5.73 Å². The number of Topliss-reactive ketones (excluding diaryl/α,β-unsaturated/α-hetero) is 1. The number of carbonyl (C=O) groups excluding carboxylic acids is 1. The zero-order valence-electron chi connectivity index (χ0n) is 8.30. The van der Waals surface area contributed by atoms with E-state index in [1.807, 2.05) is 0 Å². The zero-order chi connectivity index (χ0) is 11.3. The van der Waals surface area contributed by atoms with E-state index in [1.54, 1.807) is 6.07 Å². The summed E-state index contributed by atoms with van der Waals surface area (Å²) in [6.45, 7) is 0.564. The largest absolute Gasteiger partial charge is 0.330 e. The Kier molecular flexibility index (Phi) is 4.91. The molecule has 0 unspecified atom stereocenters. The molecule has 0 saturated heterocycles. The average molecular weight is 274 g/mol. The first-order chi connectivity index (χ1) is 7.15. The van der Waals surface area contributed by atoms with Crippen LogP contribution in [0.3, 0.4) is 0 Å². The molecule has 82 valence electrons. The second-order valence-corrected chi connectivity index (χ2v) is 4.21. The Bertz CT molecular complexity index is 354. The Labute approximate surface area is 96.8 Å². The molecule has 0 bridgehead atoms. The SMILES string of the molecule is NCCCCC(=O)c1cc(Br)ccc1F. The minimum atomic E-state index is -0.462. The molecule has 0 aromatic heterocycles. The highest BCUT2D eigenvalue weighted by atomic mass is 79.9. The number of ketones is 1. The summed E-state index contributed by atoms with van der Waals surface area (Å²) < 4.78 is 14.0. The molecule has 0 heterocycles. The van der Waals surface area contributed by atoms with Crippen LogP contribution in [0.4, 0.5) is 4.39 Å². The van der Waals surface area contributed by atoms with Crippen molar-refractivity contribution in [2.75, 3.05) is 6.54 Å². The Hall–Kier alpha value is -0.740. The number of hydrogen-bond acceptors (Lipinski definition) is 2. The Morgan fingerprint density at radius 3 is 2.80 bits per heavy atom. The molecular formula is C11H13BrFNO. The maximum absolute atomic E-state index is 13.3. The number of benzene rings is 1. The third kappa shape index (κ3) is 3.72. The van der Waals surface area contributed by atoms with Gasteiger partial charge in [0.05, 0.1) is 5.56 Å². The summed E-state index contributed by atoms with van der Waals surface area (Å²) in [5.74, 6) is -0.627. The van der Waals surface area contributed by atoms with Gasteiger partial charge in [0, 0.05) is 10.9 Å². The van der Waals surface area contributed by atoms with Crippen LogP contribution in [-0.4, -0.2) is 12.3 Å². The first kappa shape index (κ1) is 12.3. The lowest BCUT2D eigenvalue weighted by Gasteiger charge is -2.02. The van der Waals surface area contributed by atoms with Gasteiger partial charge in [0.1, 0.15) is 5.82 Å². The Balaban J connectivity index is 2.68. The topological polar surface area (TPSA) is 43.1 Å². The molecule has 0 aliphatic rings. The highest BCUT2D eigenvalue weighted by Crippen LogP contribution is 2.17. The lowest BCUT2D eigenvalue weighted by Crippen LogP contribution is -2.04. The second kappa shape index (κ2) is 5.98. The van der Waals surface area contributed by atoms with Gasteiger partial charge in [-0.1, -0.05) is 15.9 Å². The quantitative estimate of drug-likeness (QED) is 0.662. The summed E-state index contributed by atoms with van der Waals surface area (Å²) >= 11 is 3.21. The molecule has 1 rings (SSSR count).